The van der Waals surface area contributed by atoms with Crippen molar-refractivity contribution in [2.75, 3.05) is 4.90 Å². The number of benzene rings is 10. The van der Waals surface area contributed by atoms with Crippen LogP contribution < -0.4 is 4.90 Å². The molecule has 1 heterocycles. The van der Waals surface area contributed by atoms with Gasteiger partial charge < -0.3 is 9.32 Å². The number of rotatable bonds is 8. The molecule has 0 fully saturated rings. The molecule has 0 bridgehead atoms. The van der Waals surface area contributed by atoms with Crippen LogP contribution >= 0.6 is 0 Å². The van der Waals surface area contributed by atoms with Crippen LogP contribution in [0.3, 0.4) is 0 Å². The summed E-state index contributed by atoms with van der Waals surface area (Å²) in [6.45, 7) is 0. The van der Waals surface area contributed by atoms with Gasteiger partial charge in [0.1, 0.15) is 11.2 Å². The van der Waals surface area contributed by atoms with Gasteiger partial charge in [0.25, 0.3) is 0 Å². The molecule has 0 amide bonds. The van der Waals surface area contributed by atoms with Gasteiger partial charge in [-0.15, -0.1) is 0 Å². The van der Waals surface area contributed by atoms with E-state index >= 15 is 0 Å². The molecule has 0 atom stereocenters. The number of para-hydroxylation sites is 1. The van der Waals surface area contributed by atoms with Crippen LogP contribution in [0.15, 0.2) is 241 Å². The smallest absolute Gasteiger partial charge is 0.136 e. The van der Waals surface area contributed by atoms with Gasteiger partial charge in [-0.2, -0.15) is 0 Å². The molecular formula is C58H39NO. The van der Waals surface area contributed by atoms with Gasteiger partial charge in [0, 0.05) is 27.8 Å². The van der Waals surface area contributed by atoms with Crippen molar-refractivity contribution in [2.24, 2.45) is 0 Å². The molecule has 0 aliphatic carbocycles. The first kappa shape index (κ1) is 35.2. The van der Waals surface area contributed by atoms with E-state index in [0.717, 1.165) is 61.3 Å². The number of furan rings is 1. The standard InChI is InChI=1S/C58H39NO/c1-3-12-40(13-4-1)50-36-51(41-14-5-2-6-15-41)38-54(37-50)59(53-31-26-44(27-32-53)49-28-33-56-55-20-9-10-21-57(55)60-58(56)39-49)52-29-24-43(25-30-52)46-18-11-19-47(34-46)48-23-22-42-16-7-8-17-45(42)35-48/h1-39H. The summed E-state index contributed by atoms with van der Waals surface area (Å²) in [6.07, 6.45) is 0. The lowest BCUT2D eigenvalue weighted by atomic mass is 9.96. The topological polar surface area (TPSA) is 16.4 Å². The summed E-state index contributed by atoms with van der Waals surface area (Å²) in [5, 5.41) is 4.77. The summed E-state index contributed by atoms with van der Waals surface area (Å²) < 4.78 is 6.27. The maximum absolute atomic E-state index is 6.27. The van der Waals surface area contributed by atoms with Gasteiger partial charge in [-0.05, 0) is 139 Å². The summed E-state index contributed by atoms with van der Waals surface area (Å²) in [7, 11) is 0. The number of anilines is 3. The highest BCUT2D eigenvalue weighted by Crippen LogP contribution is 2.42. The van der Waals surface area contributed by atoms with Gasteiger partial charge in [-0.25, -0.2) is 0 Å². The fraction of sp³-hybridized carbons (Fsp3) is 0. The van der Waals surface area contributed by atoms with E-state index in [1.54, 1.807) is 0 Å². The molecule has 0 aliphatic rings. The Morgan fingerprint density at radius 3 is 1.35 bits per heavy atom. The number of nitrogens with zero attached hydrogens (tertiary/aromatic N) is 1. The third-order valence-electron chi connectivity index (χ3n) is 11.6. The molecular weight excluding hydrogens is 727 g/mol. The summed E-state index contributed by atoms with van der Waals surface area (Å²) in [5.74, 6) is 0. The summed E-state index contributed by atoms with van der Waals surface area (Å²) in [4.78, 5) is 2.38. The van der Waals surface area contributed by atoms with Crippen molar-refractivity contribution in [3.63, 3.8) is 0 Å². The Morgan fingerprint density at radius 1 is 0.233 bits per heavy atom. The van der Waals surface area contributed by atoms with Crippen LogP contribution in [0.5, 0.6) is 0 Å². The predicted octanol–water partition coefficient (Wildman–Crippen LogP) is 16.5. The van der Waals surface area contributed by atoms with Crippen molar-refractivity contribution in [1.29, 1.82) is 0 Å². The van der Waals surface area contributed by atoms with Crippen LogP contribution in [-0.4, -0.2) is 0 Å². The van der Waals surface area contributed by atoms with Crippen LogP contribution in [0, 0.1) is 0 Å². The zero-order chi connectivity index (χ0) is 39.8. The van der Waals surface area contributed by atoms with Crippen LogP contribution in [0.1, 0.15) is 0 Å². The fourth-order valence-electron chi connectivity index (χ4n) is 8.54. The highest BCUT2D eigenvalue weighted by molar-refractivity contribution is 6.06. The summed E-state index contributed by atoms with van der Waals surface area (Å²) in [6, 6.07) is 85.0. The van der Waals surface area contributed by atoms with Crippen molar-refractivity contribution < 1.29 is 4.42 Å². The fourth-order valence-corrected chi connectivity index (χ4v) is 8.54. The first-order valence-corrected chi connectivity index (χ1v) is 20.5. The van der Waals surface area contributed by atoms with Gasteiger partial charge in [0.2, 0.25) is 0 Å². The van der Waals surface area contributed by atoms with E-state index in [2.05, 4.69) is 229 Å². The monoisotopic (exact) mass is 765 g/mol. The molecule has 60 heavy (non-hydrogen) atoms. The molecule has 0 saturated heterocycles. The highest BCUT2D eigenvalue weighted by atomic mass is 16.3. The van der Waals surface area contributed by atoms with Crippen molar-refractivity contribution in [2.45, 2.75) is 0 Å². The van der Waals surface area contributed by atoms with Gasteiger partial charge >= 0.3 is 0 Å². The second kappa shape index (κ2) is 15.1. The van der Waals surface area contributed by atoms with E-state index < -0.39 is 0 Å². The molecule has 10 aromatic carbocycles. The third-order valence-corrected chi connectivity index (χ3v) is 11.6. The Kier molecular flexibility index (Phi) is 8.87. The Balaban J connectivity index is 1.01. The lowest BCUT2D eigenvalue weighted by molar-refractivity contribution is 0.669. The molecule has 0 unspecified atom stereocenters. The normalized spacial score (nSPS) is 11.3. The van der Waals surface area contributed by atoms with E-state index in [4.69, 9.17) is 4.42 Å². The molecule has 11 rings (SSSR count). The lowest BCUT2D eigenvalue weighted by Gasteiger charge is -2.27. The molecule has 0 spiro atoms. The molecule has 0 radical (unpaired) electrons. The Hall–Kier alpha value is -7.94. The maximum Gasteiger partial charge on any atom is 0.136 e. The van der Waals surface area contributed by atoms with Crippen LogP contribution in [0.2, 0.25) is 0 Å². The van der Waals surface area contributed by atoms with E-state index in [0.29, 0.717) is 0 Å². The van der Waals surface area contributed by atoms with Gasteiger partial charge in [-0.3, -0.25) is 0 Å². The van der Waals surface area contributed by atoms with Crippen LogP contribution in [0.4, 0.5) is 17.1 Å². The SMILES string of the molecule is c1ccc(-c2cc(-c3ccccc3)cc(N(c3ccc(-c4cccc(-c5ccc6ccccc6c5)c4)cc3)c3ccc(-c4ccc5c(c4)oc4ccccc45)cc3)c2)cc1. The van der Waals surface area contributed by atoms with E-state index in [1.807, 2.05) is 12.1 Å². The van der Waals surface area contributed by atoms with Crippen molar-refractivity contribution in [3.8, 4) is 55.6 Å². The molecule has 2 nitrogen and oxygen atoms in total. The van der Waals surface area contributed by atoms with Gasteiger partial charge in [0.05, 0.1) is 0 Å². The molecule has 1 aromatic heterocycles. The first-order chi connectivity index (χ1) is 29.7. The van der Waals surface area contributed by atoms with Crippen LogP contribution in [-0.2, 0) is 0 Å². The molecule has 0 saturated carbocycles. The number of hydrogen-bond donors (Lipinski definition) is 0. The largest absolute Gasteiger partial charge is 0.456 e. The van der Waals surface area contributed by atoms with Crippen LogP contribution in [0.25, 0.3) is 88.3 Å². The summed E-state index contributed by atoms with van der Waals surface area (Å²) >= 11 is 0. The minimum atomic E-state index is 0.897. The molecule has 2 heteroatoms. The number of fused-ring (bicyclic) bond motifs is 4. The Bertz CT molecular complexity index is 3230. The van der Waals surface area contributed by atoms with E-state index in [-0.39, 0.29) is 0 Å². The van der Waals surface area contributed by atoms with Crippen molar-refractivity contribution >= 4 is 49.8 Å². The molecule has 11 aromatic rings. The quantitative estimate of drug-likeness (QED) is 0.153. The highest BCUT2D eigenvalue weighted by Gasteiger charge is 2.17. The lowest BCUT2D eigenvalue weighted by Crippen LogP contribution is -2.10. The second-order valence-corrected chi connectivity index (χ2v) is 15.4. The minimum absolute atomic E-state index is 0.897. The Labute approximate surface area is 349 Å². The third kappa shape index (κ3) is 6.70. The average molecular weight is 766 g/mol. The van der Waals surface area contributed by atoms with E-state index in [1.165, 1.54) is 44.2 Å². The molecule has 0 N–H and O–H groups in total. The first-order valence-electron chi connectivity index (χ1n) is 20.5. The van der Waals surface area contributed by atoms with Crippen molar-refractivity contribution in [1.82, 2.24) is 0 Å². The second-order valence-electron chi connectivity index (χ2n) is 15.4. The van der Waals surface area contributed by atoms with E-state index in [9.17, 15) is 0 Å². The van der Waals surface area contributed by atoms with Crippen molar-refractivity contribution in [3.05, 3.63) is 237 Å². The zero-order valence-electron chi connectivity index (χ0n) is 32.9. The van der Waals surface area contributed by atoms with Gasteiger partial charge in [0.15, 0.2) is 0 Å². The van der Waals surface area contributed by atoms with Gasteiger partial charge in [-0.1, -0.05) is 164 Å². The Morgan fingerprint density at radius 2 is 0.683 bits per heavy atom. The molecule has 0 aliphatic heterocycles. The predicted molar refractivity (Wildman–Crippen MR) is 253 cm³/mol. The maximum atomic E-state index is 6.27. The average Bonchev–Trinajstić information content (AvgIpc) is 3.70. The minimum Gasteiger partial charge on any atom is -0.456 e. The zero-order valence-corrected chi connectivity index (χ0v) is 32.9. The summed E-state index contributed by atoms with van der Waals surface area (Å²) in [5.41, 5.74) is 16.7. The number of hydrogen-bond acceptors (Lipinski definition) is 2. The molecule has 282 valence electrons.